The van der Waals surface area contributed by atoms with Crippen LogP contribution in [0.4, 0.5) is 4.39 Å². The number of likely N-dealkylation sites (tertiary alicyclic amines) is 1. The molecule has 0 aliphatic carbocycles. The molecule has 0 bridgehead atoms. The number of H-pyrrole nitrogens is 1. The molecule has 1 N–H and O–H groups in total. The van der Waals surface area contributed by atoms with Gasteiger partial charge in [0.25, 0.3) is 0 Å². The molecule has 2 heterocycles. The molecule has 1 aliphatic rings. The number of aromatic nitrogens is 1. The van der Waals surface area contributed by atoms with Gasteiger partial charge in [-0.05, 0) is 50.5 Å². The average molecular weight is 235 g/mol. The molecule has 0 radical (unpaired) electrons. The van der Waals surface area contributed by atoms with Crippen molar-refractivity contribution in [2.75, 3.05) is 13.6 Å². The maximum Gasteiger partial charge on any atom is 0.132 e. The van der Waals surface area contributed by atoms with E-state index in [1.165, 1.54) is 6.07 Å². The Hall–Kier alpha value is -1.35. The second-order valence-corrected chi connectivity index (χ2v) is 4.48. The lowest BCUT2D eigenvalue weighted by molar-refractivity contribution is 0.309. The number of aromatic amines is 1. The van der Waals surface area contributed by atoms with Crippen LogP contribution in [0.15, 0.2) is 24.4 Å². The van der Waals surface area contributed by atoms with Crippen LogP contribution in [-0.4, -0.2) is 29.5 Å². The van der Waals surface area contributed by atoms with Crippen molar-refractivity contribution in [3.63, 3.8) is 0 Å². The van der Waals surface area contributed by atoms with Crippen molar-refractivity contribution < 1.29 is 8.50 Å². The molecular weight excluding hydrogens is 215 g/mol. The summed E-state index contributed by atoms with van der Waals surface area (Å²) in [6.07, 6.45) is 1.48. The van der Waals surface area contributed by atoms with Crippen LogP contribution < -0.4 is 0 Å². The number of nitrogens with one attached hydrogen (secondary N) is 1. The number of rotatable bonds is 2. The molecule has 1 saturated heterocycles. The molecule has 0 amide bonds. The van der Waals surface area contributed by atoms with Crippen LogP contribution >= 0.6 is 0 Å². The minimum atomic E-state index is -1.67. The predicted octanol–water partition coefficient (Wildman–Crippen LogP) is 2.94. The van der Waals surface area contributed by atoms with Gasteiger partial charge in [-0.2, -0.15) is 0 Å². The molecule has 90 valence electrons. The van der Waals surface area contributed by atoms with Crippen LogP contribution in [0, 0.1) is 5.82 Å². The summed E-state index contributed by atoms with van der Waals surface area (Å²) in [7, 11) is 0.0784. The summed E-state index contributed by atoms with van der Waals surface area (Å²) in [5.41, 5.74) is 0.968. The van der Waals surface area contributed by atoms with Gasteiger partial charge in [0.15, 0.2) is 0 Å². The third-order valence-electron chi connectivity index (χ3n) is 3.34. The highest BCUT2D eigenvalue weighted by atomic mass is 19.1. The summed E-state index contributed by atoms with van der Waals surface area (Å²) in [4.78, 5) is 4.77. The minimum absolute atomic E-state index is 0.0784. The molecule has 1 aliphatic heterocycles. The fourth-order valence-electron chi connectivity index (χ4n) is 2.42. The van der Waals surface area contributed by atoms with E-state index in [0.717, 1.165) is 13.0 Å². The third kappa shape index (κ3) is 1.84. The largest absolute Gasteiger partial charge is 0.361 e. The quantitative estimate of drug-likeness (QED) is 0.848. The third-order valence-corrected chi connectivity index (χ3v) is 3.34. The Kier molecular flexibility index (Phi) is 1.92. The van der Waals surface area contributed by atoms with Gasteiger partial charge in [0.05, 0.1) is 0 Å². The zero-order valence-corrected chi connectivity index (χ0v) is 9.54. The number of nitrogens with zero attached hydrogens (tertiary/aromatic N) is 1. The number of halogens is 1. The van der Waals surface area contributed by atoms with Crippen LogP contribution in [0.5, 0.6) is 0 Å². The smallest absolute Gasteiger partial charge is 0.132 e. The van der Waals surface area contributed by atoms with Crippen molar-refractivity contribution >= 4 is 10.9 Å². The maximum atomic E-state index is 14.0. The lowest BCUT2D eigenvalue weighted by atomic mass is 10.0. The SMILES string of the molecule is [2H]CN1CCC[C@H]1C([2H])([2H])c1c[nH]c2cccc(F)c12. The van der Waals surface area contributed by atoms with Gasteiger partial charge < -0.3 is 9.88 Å². The van der Waals surface area contributed by atoms with E-state index >= 15 is 0 Å². The van der Waals surface area contributed by atoms with Gasteiger partial charge in [-0.3, -0.25) is 0 Å². The number of likely N-dealkylation sites (N-methyl/N-ethyl adjacent to an activating group) is 1. The van der Waals surface area contributed by atoms with Crippen molar-refractivity contribution in [1.29, 1.82) is 0 Å². The number of hydrogen-bond acceptors (Lipinski definition) is 1. The highest BCUT2D eigenvalue weighted by Gasteiger charge is 2.22. The first kappa shape index (κ1) is 7.88. The molecule has 1 fully saturated rings. The van der Waals surface area contributed by atoms with Gasteiger partial charge in [0, 0.05) is 27.3 Å². The van der Waals surface area contributed by atoms with Gasteiger partial charge in [-0.1, -0.05) is 6.07 Å². The molecule has 3 rings (SSSR count). The van der Waals surface area contributed by atoms with Gasteiger partial charge >= 0.3 is 0 Å². The summed E-state index contributed by atoms with van der Waals surface area (Å²) in [6, 6.07) is 4.35. The first-order chi connectivity index (χ1) is 9.55. The monoisotopic (exact) mass is 235 g/mol. The molecule has 0 saturated carbocycles. The summed E-state index contributed by atoms with van der Waals surface area (Å²) in [5.74, 6) is -0.405. The van der Waals surface area contributed by atoms with Gasteiger partial charge in [-0.25, -0.2) is 4.39 Å². The van der Waals surface area contributed by atoms with E-state index in [4.69, 9.17) is 4.11 Å². The summed E-state index contributed by atoms with van der Waals surface area (Å²) >= 11 is 0. The van der Waals surface area contributed by atoms with Crippen LogP contribution in [0.1, 0.15) is 22.5 Å². The number of benzene rings is 1. The fraction of sp³-hybridized carbons (Fsp3) is 0.429. The van der Waals surface area contributed by atoms with Gasteiger partial charge in [-0.15, -0.1) is 0 Å². The van der Waals surface area contributed by atoms with E-state index in [1.54, 1.807) is 18.3 Å². The molecule has 2 nitrogen and oxygen atoms in total. The van der Waals surface area contributed by atoms with Gasteiger partial charge in [0.1, 0.15) is 5.82 Å². The predicted molar refractivity (Wildman–Crippen MR) is 67.6 cm³/mol. The average Bonchev–Trinajstić information content (AvgIpc) is 3.06. The van der Waals surface area contributed by atoms with Crippen molar-refractivity contribution in [3.05, 3.63) is 35.8 Å². The Morgan fingerprint density at radius 2 is 2.59 bits per heavy atom. The molecule has 1 atom stereocenters. The van der Waals surface area contributed by atoms with E-state index in [0.29, 0.717) is 22.9 Å². The first-order valence-electron chi connectivity index (χ1n) is 7.56. The lowest BCUT2D eigenvalue weighted by Crippen LogP contribution is -2.26. The zero-order chi connectivity index (χ0) is 14.3. The van der Waals surface area contributed by atoms with E-state index in [1.807, 2.05) is 4.90 Å². The molecule has 1 aromatic carbocycles. The summed E-state index contributed by atoms with van der Waals surface area (Å²) < 4.78 is 38.5. The Bertz CT molecular complexity index is 626. The second kappa shape index (κ2) is 4.15. The van der Waals surface area contributed by atoms with Crippen molar-refractivity contribution in [2.45, 2.75) is 25.3 Å². The van der Waals surface area contributed by atoms with E-state index in [-0.39, 0.29) is 13.1 Å². The Morgan fingerprint density at radius 3 is 3.47 bits per heavy atom. The molecule has 3 heteroatoms. The Morgan fingerprint density at radius 1 is 1.65 bits per heavy atom. The number of fused-ring (bicyclic) bond motifs is 1. The van der Waals surface area contributed by atoms with Crippen molar-refractivity contribution in [3.8, 4) is 0 Å². The molecule has 1 aromatic heterocycles. The summed E-state index contributed by atoms with van der Waals surface area (Å²) in [5, 5.41) is 0.328. The highest BCUT2D eigenvalue weighted by Crippen LogP contribution is 2.26. The Balaban J connectivity index is 2.09. The highest BCUT2D eigenvalue weighted by molar-refractivity contribution is 5.83. The van der Waals surface area contributed by atoms with Crippen LogP contribution in [0.3, 0.4) is 0 Å². The van der Waals surface area contributed by atoms with E-state index in [9.17, 15) is 4.39 Å². The van der Waals surface area contributed by atoms with Crippen LogP contribution in [0.25, 0.3) is 10.9 Å². The zero-order valence-electron chi connectivity index (χ0n) is 12.5. The fourth-order valence-corrected chi connectivity index (χ4v) is 2.42. The first-order valence-corrected chi connectivity index (χ1v) is 5.85. The minimum Gasteiger partial charge on any atom is -0.361 e. The topological polar surface area (TPSA) is 19.0 Å². The van der Waals surface area contributed by atoms with E-state index in [2.05, 4.69) is 4.98 Å². The molecule has 17 heavy (non-hydrogen) atoms. The maximum absolute atomic E-state index is 14.0. The van der Waals surface area contributed by atoms with Crippen molar-refractivity contribution in [1.82, 2.24) is 9.88 Å². The molecule has 0 spiro atoms. The summed E-state index contributed by atoms with van der Waals surface area (Å²) in [6.45, 7) is 0.735. The van der Waals surface area contributed by atoms with E-state index < -0.39 is 12.2 Å². The standard InChI is InChI=1S/C14H17FN2/c1-17-7-3-4-11(17)8-10-9-16-13-6-2-5-12(15)14(10)13/h2,5-6,9,11,16H,3-4,7-8H2,1H3/t11-/m0/s1/i1D,8D2. The lowest BCUT2D eigenvalue weighted by Gasteiger charge is -2.18. The number of hydrogen-bond donors (Lipinski definition) is 1. The molecule has 2 aromatic rings. The molecular formula is C14H17FN2. The second-order valence-electron chi connectivity index (χ2n) is 4.48. The molecule has 0 unspecified atom stereocenters. The van der Waals surface area contributed by atoms with Crippen LogP contribution in [0.2, 0.25) is 0 Å². The Labute approximate surface area is 105 Å². The van der Waals surface area contributed by atoms with Crippen LogP contribution in [-0.2, 0) is 6.37 Å². The van der Waals surface area contributed by atoms with Gasteiger partial charge in [0.2, 0.25) is 0 Å². The van der Waals surface area contributed by atoms with Crippen molar-refractivity contribution in [2.24, 2.45) is 0 Å². The normalized spacial score (nSPS) is 24.8.